The Kier molecular flexibility index (Phi) is 5.23. The number of hydrogen-bond donors (Lipinski definition) is 2. The topological polar surface area (TPSA) is 49.3 Å². The number of benzene rings is 2. The standard InChI is InChI=1S/C20H22F3NO2/c21-20(22,23)18(25)24-17(19(26)12-5-1-2-6-13-19)16-11-7-9-14-8-3-4-10-15(14)16/h3-4,7-11,17,26H,1-2,5-6,12-13H2,(H,24,25). The molecule has 2 aromatic rings. The minimum Gasteiger partial charge on any atom is -0.387 e. The van der Waals surface area contributed by atoms with Crippen LogP contribution in [0, 0.1) is 0 Å². The molecule has 0 aromatic heterocycles. The molecular formula is C20H22F3NO2. The van der Waals surface area contributed by atoms with Crippen molar-refractivity contribution in [1.29, 1.82) is 0 Å². The Morgan fingerprint density at radius 3 is 2.27 bits per heavy atom. The van der Waals surface area contributed by atoms with Gasteiger partial charge in [-0.1, -0.05) is 68.1 Å². The van der Waals surface area contributed by atoms with Gasteiger partial charge in [-0.15, -0.1) is 0 Å². The smallest absolute Gasteiger partial charge is 0.387 e. The van der Waals surface area contributed by atoms with Gasteiger partial charge in [0.25, 0.3) is 0 Å². The van der Waals surface area contributed by atoms with Gasteiger partial charge in [0.1, 0.15) is 0 Å². The molecule has 1 fully saturated rings. The van der Waals surface area contributed by atoms with E-state index in [1.54, 1.807) is 24.3 Å². The zero-order valence-corrected chi connectivity index (χ0v) is 14.4. The maximum atomic E-state index is 12.9. The van der Waals surface area contributed by atoms with E-state index in [0.29, 0.717) is 18.4 Å². The largest absolute Gasteiger partial charge is 0.471 e. The third-order valence-electron chi connectivity index (χ3n) is 5.17. The molecule has 1 amide bonds. The van der Waals surface area contributed by atoms with Crippen molar-refractivity contribution < 1.29 is 23.1 Å². The van der Waals surface area contributed by atoms with Crippen molar-refractivity contribution in [3.63, 3.8) is 0 Å². The van der Waals surface area contributed by atoms with Gasteiger partial charge in [0, 0.05) is 0 Å². The molecular weight excluding hydrogens is 343 g/mol. The van der Waals surface area contributed by atoms with E-state index in [0.717, 1.165) is 36.5 Å². The van der Waals surface area contributed by atoms with Crippen LogP contribution in [0.5, 0.6) is 0 Å². The summed E-state index contributed by atoms with van der Waals surface area (Å²) in [6.07, 6.45) is -0.975. The van der Waals surface area contributed by atoms with Crippen molar-refractivity contribution >= 4 is 16.7 Å². The minimum atomic E-state index is -5.00. The van der Waals surface area contributed by atoms with Crippen LogP contribution >= 0.6 is 0 Å². The molecule has 3 nitrogen and oxygen atoms in total. The summed E-state index contributed by atoms with van der Waals surface area (Å²) < 4.78 is 38.8. The zero-order valence-electron chi connectivity index (χ0n) is 14.4. The van der Waals surface area contributed by atoms with Crippen molar-refractivity contribution in [3.05, 3.63) is 48.0 Å². The van der Waals surface area contributed by atoms with Gasteiger partial charge < -0.3 is 10.4 Å². The summed E-state index contributed by atoms with van der Waals surface area (Å²) in [7, 11) is 0. The first-order chi connectivity index (χ1) is 12.3. The fourth-order valence-electron chi connectivity index (χ4n) is 3.85. The van der Waals surface area contributed by atoms with Gasteiger partial charge in [-0.2, -0.15) is 13.2 Å². The lowest BCUT2D eigenvalue weighted by Gasteiger charge is -2.37. The summed E-state index contributed by atoms with van der Waals surface area (Å²) in [5.41, 5.74) is -0.883. The van der Waals surface area contributed by atoms with E-state index < -0.39 is 23.7 Å². The number of carbonyl (C=O) groups excluding carboxylic acids is 1. The SMILES string of the molecule is O=C(NC(c1cccc2ccccc12)C1(O)CCCCCC1)C(F)(F)F. The van der Waals surface area contributed by atoms with Crippen LogP contribution in [0.25, 0.3) is 10.8 Å². The van der Waals surface area contributed by atoms with Crippen molar-refractivity contribution in [1.82, 2.24) is 5.32 Å². The number of alkyl halides is 3. The second-order valence-electron chi connectivity index (χ2n) is 6.99. The van der Waals surface area contributed by atoms with Gasteiger partial charge in [0.05, 0.1) is 11.6 Å². The molecule has 1 unspecified atom stereocenters. The molecule has 0 radical (unpaired) electrons. The molecule has 2 aromatic carbocycles. The van der Waals surface area contributed by atoms with Crippen molar-refractivity contribution in [3.8, 4) is 0 Å². The Balaban J connectivity index is 2.08. The molecule has 1 saturated carbocycles. The fourth-order valence-corrected chi connectivity index (χ4v) is 3.85. The summed E-state index contributed by atoms with van der Waals surface area (Å²) in [6, 6.07) is 11.5. The lowest BCUT2D eigenvalue weighted by Crippen LogP contribution is -2.49. The van der Waals surface area contributed by atoms with Crippen LogP contribution in [0.4, 0.5) is 13.2 Å². The highest BCUT2D eigenvalue weighted by atomic mass is 19.4. The Hall–Kier alpha value is -2.08. The summed E-state index contributed by atoms with van der Waals surface area (Å²) in [4.78, 5) is 11.7. The Bertz CT molecular complexity index is 775. The van der Waals surface area contributed by atoms with Crippen molar-refractivity contribution in [2.24, 2.45) is 0 Å². The van der Waals surface area contributed by atoms with Crippen molar-refractivity contribution in [2.75, 3.05) is 0 Å². The molecule has 0 bridgehead atoms. The molecule has 140 valence electrons. The van der Waals surface area contributed by atoms with E-state index in [1.807, 2.05) is 18.2 Å². The second kappa shape index (κ2) is 7.27. The molecule has 6 heteroatoms. The molecule has 26 heavy (non-hydrogen) atoms. The molecule has 0 aliphatic heterocycles. The van der Waals surface area contributed by atoms with Crippen LogP contribution in [0.15, 0.2) is 42.5 Å². The second-order valence-corrected chi connectivity index (χ2v) is 6.99. The number of halogens is 3. The van der Waals surface area contributed by atoms with Crippen LogP contribution in [-0.2, 0) is 4.79 Å². The average molecular weight is 365 g/mol. The van der Waals surface area contributed by atoms with Crippen molar-refractivity contribution in [2.45, 2.75) is 56.3 Å². The normalized spacial score (nSPS) is 18.9. The maximum absolute atomic E-state index is 12.9. The minimum absolute atomic E-state index is 0.360. The molecule has 0 saturated heterocycles. The third kappa shape index (κ3) is 3.85. The van der Waals surface area contributed by atoms with Gasteiger partial charge in [-0.25, -0.2) is 0 Å². The first-order valence-corrected chi connectivity index (χ1v) is 8.89. The summed E-state index contributed by atoms with van der Waals surface area (Å²) in [5, 5.41) is 14.9. The van der Waals surface area contributed by atoms with Gasteiger partial charge in [0.2, 0.25) is 0 Å². The average Bonchev–Trinajstić information content (AvgIpc) is 2.83. The summed E-state index contributed by atoms with van der Waals surface area (Å²) in [6.45, 7) is 0. The molecule has 0 heterocycles. The van der Waals surface area contributed by atoms with Gasteiger partial charge in [-0.3, -0.25) is 4.79 Å². The van der Waals surface area contributed by atoms with E-state index in [4.69, 9.17) is 0 Å². The lowest BCUT2D eigenvalue weighted by molar-refractivity contribution is -0.176. The third-order valence-corrected chi connectivity index (χ3v) is 5.17. The summed E-state index contributed by atoms with van der Waals surface area (Å²) >= 11 is 0. The number of rotatable bonds is 3. The van der Waals surface area contributed by atoms with Gasteiger partial charge >= 0.3 is 12.1 Å². The number of nitrogens with one attached hydrogen (secondary N) is 1. The predicted octanol–water partition coefficient (Wildman–Crippen LogP) is 4.64. The number of aliphatic hydroxyl groups is 1. The van der Waals surface area contributed by atoms with Crippen LogP contribution in [0.2, 0.25) is 0 Å². The fraction of sp³-hybridized carbons (Fsp3) is 0.450. The molecule has 0 spiro atoms. The van der Waals surface area contributed by atoms with E-state index in [9.17, 15) is 23.1 Å². The van der Waals surface area contributed by atoms with E-state index in [2.05, 4.69) is 5.32 Å². The van der Waals surface area contributed by atoms with Crippen LogP contribution < -0.4 is 5.32 Å². The first-order valence-electron chi connectivity index (χ1n) is 8.89. The molecule has 1 aliphatic rings. The lowest BCUT2D eigenvalue weighted by atomic mass is 9.81. The molecule has 2 N–H and O–H groups in total. The quantitative estimate of drug-likeness (QED) is 0.778. The highest BCUT2D eigenvalue weighted by molar-refractivity contribution is 5.88. The number of amides is 1. The van der Waals surface area contributed by atoms with E-state index in [1.165, 1.54) is 0 Å². The Morgan fingerprint density at radius 2 is 1.62 bits per heavy atom. The number of carbonyl (C=O) groups is 1. The molecule has 1 atom stereocenters. The molecule has 3 rings (SSSR count). The monoisotopic (exact) mass is 365 g/mol. The van der Waals surface area contributed by atoms with E-state index >= 15 is 0 Å². The Labute approximate surface area is 150 Å². The highest BCUT2D eigenvalue weighted by Crippen LogP contribution is 2.40. The highest BCUT2D eigenvalue weighted by Gasteiger charge is 2.45. The van der Waals surface area contributed by atoms with Crippen LogP contribution in [0.3, 0.4) is 0 Å². The first kappa shape index (κ1) is 18.7. The number of fused-ring (bicyclic) bond motifs is 1. The van der Waals surface area contributed by atoms with E-state index in [-0.39, 0.29) is 0 Å². The van der Waals surface area contributed by atoms with Gasteiger partial charge in [0.15, 0.2) is 0 Å². The Morgan fingerprint density at radius 1 is 1.00 bits per heavy atom. The van der Waals surface area contributed by atoms with Gasteiger partial charge in [-0.05, 0) is 29.2 Å². The van der Waals surface area contributed by atoms with Crippen LogP contribution in [-0.4, -0.2) is 22.8 Å². The van der Waals surface area contributed by atoms with Crippen LogP contribution in [0.1, 0.15) is 50.1 Å². The summed E-state index contributed by atoms with van der Waals surface area (Å²) in [5.74, 6) is -2.02. The number of hydrogen-bond acceptors (Lipinski definition) is 2. The maximum Gasteiger partial charge on any atom is 0.471 e. The zero-order chi connectivity index (χ0) is 18.8. The molecule has 1 aliphatic carbocycles. The predicted molar refractivity (Wildman–Crippen MR) is 93.5 cm³/mol.